The SMILES string of the molecule is CCNC(=NCCC1CCN(CC)CC1)NC1CCc2ncnn2C1.I. The van der Waals surface area contributed by atoms with Gasteiger partial charge in [-0.05, 0) is 58.2 Å². The van der Waals surface area contributed by atoms with Gasteiger partial charge in [0.25, 0.3) is 0 Å². The van der Waals surface area contributed by atoms with Crippen LogP contribution in [0.5, 0.6) is 0 Å². The maximum absolute atomic E-state index is 4.82. The highest BCUT2D eigenvalue weighted by atomic mass is 127. The molecule has 3 heterocycles. The van der Waals surface area contributed by atoms with Crippen molar-refractivity contribution in [3.8, 4) is 0 Å². The van der Waals surface area contributed by atoms with Gasteiger partial charge in [0.2, 0.25) is 0 Å². The Hall–Kier alpha value is -0.900. The zero-order chi connectivity index (χ0) is 17.5. The minimum Gasteiger partial charge on any atom is -0.357 e. The molecular weight excluding hydrogens is 441 g/mol. The van der Waals surface area contributed by atoms with Crippen LogP contribution in [0.3, 0.4) is 0 Å². The minimum absolute atomic E-state index is 0. The van der Waals surface area contributed by atoms with Crippen LogP contribution < -0.4 is 10.6 Å². The van der Waals surface area contributed by atoms with Crippen LogP contribution in [0.2, 0.25) is 0 Å². The molecule has 1 unspecified atom stereocenters. The van der Waals surface area contributed by atoms with E-state index in [1.54, 1.807) is 6.33 Å². The highest BCUT2D eigenvalue weighted by molar-refractivity contribution is 14.0. The van der Waals surface area contributed by atoms with Crippen LogP contribution in [0.15, 0.2) is 11.3 Å². The Kier molecular flexibility index (Phi) is 9.10. The molecule has 0 aromatic carbocycles. The number of rotatable bonds is 6. The highest BCUT2D eigenvalue weighted by Gasteiger charge is 2.21. The Bertz CT molecular complexity index is 551. The Balaban J connectivity index is 0.00000243. The van der Waals surface area contributed by atoms with E-state index < -0.39 is 0 Å². The summed E-state index contributed by atoms with van der Waals surface area (Å²) < 4.78 is 2.01. The quantitative estimate of drug-likeness (QED) is 0.374. The lowest BCUT2D eigenvalue weighted by molar-refractivity contribution is 0.188. The lowest BCUT2D eigenvalue weighted by Gasteiger charge is -2.30. The van der Waals surface area contributed by atoms with E-state index in [1.807, 2.05) is 4.68 Å². The summed E-state index contributed by atoms with van der Waals surface area (Å²) in [6, 6.07) is 0.375. The number of aryl methyl sites for hydroxylation is 1. The molecule has 0 saturated carbocycles. The summed E-state index contributed by atoms with van der Waals surface area (Å²) in [5, 5.41) is 11.3. The fraction of sp³-hybridized carbons (Fsp3) is 0.833. The number of hydrogen-bond acceptors (Lipinski definition) is 4. The summed E-state index contributed by atoms with van der Waals surface area (Å²) in [5.41, 5.74) is 0. The van der Waals surface area contributed by atoms with Crippen molar-refractivity contribution in [1.29, 1.82) is 0 Å². The molecule has 8 heteroatoms. The second kappa shape index (κ2) is 11.1. The van der Waals surface area contributed by atoms with Gasteiger partial charge >= 0.3 is 0 Å². The van der Waals surface area contributed by atoms with Gasteiger partial charge in [-0.15, -0.1) is 24.0 Å². The Morgan fingerprint density at radius 3 is 2.81 bits per heavy atom. The van der Waals surface area contributed by atoms with Gasteiger partial charge in [-0.3, -0.25) is 4.99 Å². The molecule has 2 N–H and O–H groups in total. The summed E-state index contributed by atoms with van der Waals surface area (Å²) in [5.74, 6) is 2.88. The van der Waals surface area contributed by atoms with Gasteiger partial charge in [0.1, 0.15) is 12.2 Å². The Labute approximate surface area is 174 Å². The molecule has 1 aromatic rings. The highest BCUT2D eigenvalue weighted by Crippen LogP contribution is 2.20. The molecule has 148 valence electrons. The van der Waals surface area contributed by atoms with E-state index >= 15 is 0 Å². The van der Waals surface area contributed by atoms with Crippen molar-refractivity contribution in [1.82, 2.24) is 30.3 Å². The molecule has 1 fully saturated rings. The molecule has 2 aliphatic rings. The van der Waals surface area contributed by atoms with Crippen LogP contribution in [-0.4, -0.2) is 64.4 Å². The first-order chi connectivity index (χ1) is 12.3. The molecule has 0 bridgehead atoms. The Morgan fingerprint density at radius 1 is 1.27 bits per heavy atom. The molecule has 2 aliphatic heterocycles. The molecule has 3 rings (SSSR count). The third-order valence-corrected chi connectivity index (χ3v) is 5.45. The molecule has 0 amide bonds. The molecular formula is C18H34IN7. The van der Waals surface area contributed by atoms with E-state index in [1.165, 1.54) is 38.9 Å². The second-order valence-corrected chi connectivity index (χ2v) is 7.17. The second-order valence-electron chi connectivity index (χ2n) is 7.17. The number of aromatic nitrogens is 3. The molecule has 1 aromatic heterocycles. The van der Waals surface area contributed by atoms with E-state index in [-0.39, 0.29) is 24.0 Å². The molecule has 1 atom stereocenters. The largest absolute Gasteiger partial charge is 0.357 e. The molecule has 26 heavy (non-hydrogen) atoms. The number of hydrogen-bond donors (Lipinski definition) is 2. The van der Waals surface area contributed by atoms with Crippen molar-refractivity contribution in [3.63, 3.8) is 0 Å². The van der Waals surface area contributed by atoms with Gasteiger partial charge in [0.15, 0.2) is 5.96 Å². The first kappa shape index (κ1) is 21.4. The number of halogens is 1. The van der Waals surface area contributed by atoms with E-state index in [2.05, 4.69) is 39.5 Å². The lowest BCUT2D eigenvalue weighted by atomic mass is 9.94. The Morgan fingerprint density at radius 2 is 2.08 bits per heavy atom. The number of likely N-dealkylation sites (tertiary alicyclic amines) is 1. The van der Waals surface area contributed by atoms with Crippen LogP contribution in [-0.2, 0) is 13.0 Å². The van der Waals surface area contributed by atoms with Gasteiger partial charge in [0.05, 0.1) is 6.54 Å². The average molecular weight is 475 g/mol. The summed E-state index contributed by atoms with van der Waals surface area (Å²) >= 11 is 0. The number of aliphatic imine (C=N–C) groups is 1. The maximum Gasteiger partial charge on any atom is 0.191 e. The molecule has 7 nitrogen and oxygen atoms in total. The lowest BCUT2D eigenvalue weighted by Crippen LogP contribution is -2.47. The van der Waals surface area contributed by atoms with Crippen LogP contribution in [0.1, 0.15) is 45.4 Å². The average Bonchev–Trinajstić information content (AvgIpc) is 3.10. The van der Waals surface area contributed by atoms with Crippen molar-refractivity contribution < 1.29 is 0 Å². The maximum atomic E-state index is 4.82. The van der Waals surface area contributed by atoms with E-state index in [0.717, 1.165) is 50.2 Å². The van der Waals surface area contributed by atoms with Crippen molar-refractivity contribution in [2.24, 2.45) is 10.9 Å². The smallest absolute Gasteiger partial charge is 0.191 e. The fourth-order valence-corrected chi connectivity index (χ4v) is 3.82. The van der Waals surface area contributed by atoms with Crippen molar-refractivity contribution >= 4 is 29.9 Å². The van der Waals surface area contributed by atoms with Crippen LogP contribution in [0.25, 0.3) is 0 Å². The number of nitrogens with one attached hydrogen (secondary N) is 2. The van der Waals surface area contributed by atoms with Crippen LogP contribution >= 0.6 is 24.0 Å². The topological polar surface area (TPSA) is 70.4 Å². The number of fused-ring (bicyclic) bond motifs is 1. The normalized spacial score (nSPS) is 21.8. The van der Waals surface area contributed by atoms with Crippen molar-refractivity contribution in [3.05, 3.63) is 12.2 Å². The van der Waals surface area contributed by atoms with Gasteiger partial charge < -0.3 is 15.5 Å². The zero-order valence-electron chi connectivity index (χ0n) is 16.2. The van der Waals surface area contributed by atoms with E-state index in [4.69, 9.17) is 4.99 Å². The minimum atomic E-state index is 0. The van der Waals surface area contributed by atoms with E-state index in [0.29, 0.717) is 6.04 Å². The van der Waals surface area contributed by atoms with Crippen molar-refractivity contribution in [2.75, 3.05) is 32.7 Å². The molecule has 0 radical (unpaired) electrons. The number of guanidine groups is 1. The predicted molar refractivity (Wildman–Crippen MR) is 116 cm³/mol. The van der Waals surface area contributed by atoms with Crippen LogP contribution in [0, 0.1) is 5.92 Å². The van der Waals surface area contributed by atoms with Gasteiger partial charge in [-0.1, -0.05) is 6.92 Å². The van der Waals surface area contributed by atoms with Gasteiger partial charge in [-0.25, -0.2) is 9.67 Å². The third-order valence-electron chi connectivity index (χ3n) is 5.45. The summed E-state index contributed by atoms with van der Waals surface area (Å²) in [6.45, 7) is 10.7. The standard InChI is InChI=1S/C18H33N7.HI/c1-3-19-18(20-10-7-15-8-11-24(4-2)12-9-15)23-16-5-6-17-21-14-22-25(17)13-16;/h14-16H,3-13H2,1-2H3,(H2,19,20,23);1H. The zero-order valence-corrected chi connectivity index (χ0v) is 18.5. The molecule has 0 spiro atoms. The fourth-order valence-electron chi connectivity index (χ4n) is 3.82. The van der Waals surface area contributed by atoms with Gasteiger partial charge in [-0.2, -0.15) is 5.10 Å². The third kappa shape index (κ3) is 6.07. The number of nitrogens with zero attached hydrogens (tertiary/aromatic N) is 5. The molecule has 0 aliphatic carbocycles. The summed E-state index contributed by atoms with van der Waals surface area (Å²) in [4.78, 5) is 11.7. The van der Waals surface area contributed by atoms with E-state index in [9.17, 15) is 0 Å². The number of piperidine rings is 1. The molecule has 1 saturated heterocycles. The van der Waals surface area contributed by atoms with Gasteiger partial charge in [0, 0.05) is 25.6 Å². The first-order valence-electron chi connectivity index (χ1n) is 9.92. The predicted octanol–water partition coefficient (Wildman–Crippen LogP) is 1.89. The monoisotopic (exact) mass is 475 g/mol. The summed E-state index contributed by atoms with van der Waals surface area (Å²) in [7, 11) is 0. The van der Waals surface area contributed by atoms with Crippen LogP contribution in [0.4, 0.5) is 0 Å². The summed E-state index contributed by atoms with van der Waals surface area (Å²) in [6.07, 6.45) is 7.56. The first-order valence-corrected chi connectivity index (χ1v) is 9.92. The van der Waals surface area contributed by atoms with Crippen molar-refractivity contribution in [2.45, 2.75) is 58.5 Å².